The van der Waals surface area contributed by atoms with Crippen molar-refractivity contribution >= 4 is 5.97 Å². The molecule has 0 spiro atoms. The monoisotopic (exact) mass is 414 g/mol. The van der Waals surface area contributed by atoms with Gasteiger partial charge in [0.05, 0.1) is 13.7 Å². The Balaban J connectivity index is 2.51. The highest BCUT2D eigenvalue weighted by molar-refractivity contribution is 5.87. The van der Waals surface area contributed by atoms with Gasteiger partial charge in [-0.2, -0.15) is 0 Å². The van der Waals surface area contributed by atoms with Gasteiger partial charge in [-0.05, 0) is 43.5 Å². The van der Waals surface area contributed by atoms with E-state index in [0.717, 1.165) is 29.7 Å². The Morgan fingerprint density at radius 1 is 0.900 bits per heavy atom. The first-order valence-electron chi connectivity index (χ1n) is 10.7. The number of hydrogen-bond donors (Lipinski definition) is 0. The molecule has 0 aliphatic rings. The van der Waals surface area contributed by atoms with E-state index in [9.17, 15) is 4.79 Å². The number of unbranched alkanes of at least 4 members (excludes halogenated alkanes) is 1. The molecule has 0 aliphatic heterocycles. The first-order chi connectivity index (χ1) is 14.6. The lowest BCUT2D eigenvalue weighted by Crippen LogP contribution is -2.42. The molecule has 2 aromatic carbocycles. The van der Waals surface area contributed by atoms with Crippen molar-refractivity contribution in [3.8, 4) is 5.75 Å². The van der Waals surface area contributed by atoms with Gasteiger partial charge in [-0.15, -0.1) is 0 Å². The normalized spacial score (nSPS) is 13.1. The lowest BCUT2D eigenvalue weighted by Gasteiger charge is -2.35. The average molecular weight is 415 g/mol. The third-order valence-electron chi connectivity index (χ3n) is 5.09. The topological polar surface area (TPSA) is 54.0 Å². The molecule has 0 radical (unpaired) electrons. The maximum Gasteiger partial charge on any atom is 0.321 e. The summed E-state index contributed by atoms with van der Waals surface area (Å²) in [6.07, 6.45) is 1.84. The molecular weight excluding hydrogens is 380 g/mol. The van der Waals surface area contributed by atoms with E-state index in [1.807, 2.05) is 68.4 Å². The second-order valence-corrected chi connectivity index (χ2v) is 7.03. The van der Waals surface area contributed by atoms with Crippen LogP contribution in [0, 0.1) is 0 Å². The summed E-state index contributed by atoms with van der Waals surface area (Å²) in [5.74, 6) is 0.433. The number of benzene rings is 2. The lowest BCUT2D eigenvalue weighted by atomic mass is 9.71. The van der Waals surface area contributed by atoms with E-state index in [-0.39, 0.29) is 5.97 Å². The predicted octanol–water partition coefficient (Wildman–Crippen LogP) is 5.11. The Bertz CT molecular complexity index is 738. The molecule has 2 rings (SSSR count). The number of carbonyl (C=O) groups is 1. The van der Waals surface area contributed by atoms with E-state index < -0.39 is 11.7 Å². The minimum atomic E-state index is -1.06. The molecule has 30 heavy (non-hydrogen) atoms. The Hall–Kier alpha value is -2.37. The van der Waals surface area contributed by atoms with Crippen molar-refractivity contribution in [2.75, 3.05) is 26.9 Å². The van der Waals surface area contributed by atoms with Gasteiger partial charge in [0, 0.05) is 19.6 Å². The SMILES string of the molecule is CCCCOc1ccc(C(CC(OCC)OCC)(C(=O)OC)c2ccccc2)cc1. The van der Waals surface area contributed by atoms with Crippen molar-refractivity contribution in [1.82, 2.24) is 0 Å². The van der Waals surface area contributed by atoms with Crippen molar-refractivity contribution < 1.29 is 23.7 Å². The Morgan fingerprint density at radius 2 is 1.50 bits per heavy atom. The Labute approximate surface area is 180 Å². The molecule has 0 bridgehead atoms. The molecule has 0 N–H and O–H groups in total. The Morgan fingerprint density at radius 3 is 2.03 bits per heavy atom. The molecule has 0 heterocycles. The Kier molecular flexibility index (Phi) is 9.84. The van der Waals surface area contributed by atoms with Crippen LogP contribution in [-0.2, 0) is 24.4 Å². The van der Waals surface area contributed by atoms with Crippen LogP contribution < -0.4 is 4.74 Å². The van der Waals surface area contributed by atoms with Crippen LogP contribution in [0.25, 0.3) is 0 Å². The highest BCUT2D eigenvalue weighted by Gasteiger charge is 2.45. The fraction of sp³-hybridized carbons (Fsp3) is 0.480. The van der Waals surface area contributed by atoms with Crippen LogP contribution >= 0.6 is 0 Å². The maximum absolute atomic E-state index is 13.3. The van der Waals surface area contributed by atoms with Gasteiger partial charge in [0.25, 0.3) is 0 Å². The molecule has 0 saturated heterocycles. The number of hydrogen-bond acceptors (Lipinski definition) is 5. The van der Waals surface area contributed by atoms with Crippen molar-refractivity contribution in [3.63, 3.8) is 0 Å². The van der Waals surface area contributed by atoms with Gasteiger partial charge in [0.15, 0.2) is 6.29 Å². The summed E-state index contributed by atoms with van der Waals surface area (Å²) in [5.41, 5.74) is 0.584. The van der Waals surface area contributed by atoms with Gasteiger partial charge in [-0.3, -0.25) is 4.79 Å². The molecule has 1 unspecified atom stereocenters. The smallest absolute Gasteiger partial charge is 0.321 e. The molecule has 164 valence electrons. The van der Waals surface area contributed by atoms with E-state index in [2.05, 4.69) is 6.92 Å². The molecule has 5 heteroatoms. The third kappa shape index (κ3) is 5.83. The summed E-state index contributed by atoms with van der Waals surface area (Å²) >= 11 is 0. The fourth-order valence-corrected chi connectivity index (χ4v) is 3.58. The summed E-state index contributed by atoms with van der Waals surface area (Å²) in [6, 6.07) is 17.3. The van der Waals surface area contributed by atoms with Crippen LogP contribution in [0.2, 0.25) is 0 Å². The van der Waals surface area contributed by atoms with Crippen LogP contribution in [0.3, 0.4) is 0 Å². The third-order valence-corrected chi connectivity index (χ3v) is 5.09. The number of esters is 1. The highest BCUT2D eigenvalue weighted by atomic mass is 16.7. The first-order valence-corrected chi connectivity index (χ1v) is 10.7. The van der Waals surface area contributed by atoms with Gasteiger partial charge in [-0.25, -0.2) is 0 Å². The van der Waals surface area contributed by atoms with E-state index in [0.29, 0.717) is 26.2 Å². The van der Waals surface area contributed by atoms with E-state index in [1.54, 1.807) is 0 Å². The zero-order valence-corrected chi connectivity index (χ0v) is 18.6. The average Bonchev–Trinajstić information content (AvgIpc) is 2.78. The number of carbonyl (C=O) groups excluding carboxylic acids is 1. The molecule has 5 nitrogen and oxygen atoms in total. The van der Waals surface area contributed by atoms with Crippen LogP contribution in [-0.4, -0.2) is 39.2 Å². The van der Waals surface area contributed by atoms with E-state index in [4.69, 9.17) is 18.9 Å². The fourth-order valence-electron chi connectivity index (χ4n) is 3.58. The summed E-state index contributed by atoms with van der Waals surface area (Å²) in [5, 5.41) is 0. The molecule has 0 amide bonds. The zero-order valence-electron chi connectivity index (χ0n) is 18.6. The van der Waals surface area contributed by atoms with Crippen molar-refractivity contribution in [2.45, 2.75) is 51.7 Å². The zero-order chi connectivity index (χ0) is 21.8. The summed E-state index contributed by atoms with van der Waals surface area (Å²) < 4.78 is 22.7. The molecule has 0 aromatic heterocycles. The van der Waals surface area contributed by atoms with Gasteiger partial charge >= 0.3 is 5.97 Å². The summed E-state index contributed by atoms with van der Waals surface area (Å²) in [4.78, 5) is 13.3. The lowest BCUT2D eigenvalue weighted by molar-refractivity contribution is -0.164. The van der Waals surface area contributed by atoms with Crippen LogP contribution in [0.5, 0.6) is 5.75 Å². The minimum absolute atomic E-state index is 0.307. The van der Waals surface area contributed by atoms with Crippen LogP contribution in [0.4, 0.5) is 0 Å². The van der Waals surface area contributed by atoms with Gasteiger partial charge < -0.3 is 18.9 Å². The van der Waals surface area contributed by atoms with Crippen molar-refractivity contribution in [1.29, 1.82) is 0 Å². The number of rotatable bonds is 13. The quantitative estimate of drug-likeness (QED) is 0.259. The summed E-state index contributed by atoms with van der Waals surface area (Å²) in [7, 11) is 1.42. The van der Waals surface area contributed by atoms with Crippen molar-refractivity contribution in [3.05, 3.63) is 65.7 Å². The van der Waals surface area contributed by atoms with Gasteiger partial charge in [-0.1, -0.05) is 55.8 Å². The molecule has 0 fully saturated rings. The number of ether oxygens (including phenoxy) is 4. The molecule has 0 saturated carbocycles. The van der Waals surface area contributed by atoms with E-state index in [1.165, 1.54) is 7.11 Å². The predicted molar refractivity (Wildman–Crippen MR) is 118 cm³/mol. The first kappa shape index (κ1) is 23.9. The molecular formula is C25H34O5. The second kappa shape index (κ2) is 12.4. The van der Waals surface area contributed by atoms with Crippen molar-refractivity contribution in [2.24, 2.45) is 0 Å². The maximum atomic E-state index is 13.3. The highest BCUT2D eigenvalue weighted by Crippen LogP contribution is 2.39. The molecule has 2 aromatic rings. The summed E-state index contributed by atoms with van der Waals surface area (Å²) in [6.45, 7) is 7.60. The van der Waals surface area contributed by atoms with Crippen LogP contribution in [0.15, 0.2) is 54.6 Å². The molecule has 0 aliphatic carbocycles. The minimum Gasteiger partial charge on any atom is -0.494 e. The largest absolute Gasteiger partial charge is 0.494 e. The van der Waals surface area contributed by atoms with Gasteiger partial charge in [0.2, 0.25) is 0 Å². The number of methoxy groups -OCH3 is 1. The van der Waals surface area contributed by atoms with Crippen LogP contribution in [0.1, 0.15) is 51.2 Å². The van der Waals surface area contributed by atoms with Gasteiger partial charge in [0.1, 0.15) is 11.2 Å². The van der Waals surface area contributed by atoms with E-state index >= 15 is 0 Å². The second-order valence-electron chi connectivity index (χ2n) is 7.03. The standard InChI is InChI=1S/C25H34O5/c1-5-8-18-30-22-16-14-21(15-17-22)25(24(26)27-4,20-12-10-9-11-13-20)19-23(28-6-2)29-7-3/h9-17,23H,5-8,18-19H2,1-4H3. The molecule has 1 atom stereocenters.